The van der Waals surface area contributed by atoms with Crippen LogP contribution in [0.25, 0.3) is 0 Å². The summed E-state index contributed by atoms with van der Waals surface area (Å²) in [4.78, 5) is 25.3. The lowest BCUT2D eigenvalue weighted by atomic mass is 10.2. The summed E-state index contributed by atoms with van der Waals surface area (Å²) in [5, 5.41) is 15.3. The quantitative estimate of drug-likeness (QED) is 0.636. The molecule has 7 nitrogen and oxygen atoms in total. The molecule has 10 heteroatoms. The maximum absolute atomic E-state index is 12.0. The monoisotopic (exact) mass is 292 g/mol. The van der Waals surface area contributed by atoms with Crippen LogP contribution in [-0.4, -0.2) is 35.6 Å². The first kappa shape index (κ1) is 15.7. The molecule has 0 aliphatic heterocycles. The fourth-order valence-electron chi connectivity index (χ4n) is 1.33. The smallest absolute Gasteiger partial charge is 0.373 e. The van der Waals surface area contributed by atoms with E-state index >= 15 is 0 Å². The first-order valence-electron chi connectivity index (χ1n) is 5.41. The Morgan fingerprint density at radius 2 is 2.15 bits per heavy atom. The summed E-state index contributed by atoms with van der Waals surface area (Å²) in [7, 11) is 1.49. The molecule has 0 unspecified atom stereocenters. The number of rotatable bonds is 5. The van der Waals surface area contributed by atoms with Crippen LogP contribution in [-0.2, 0) is 0 Å². The van der Waals surface area contributed by atoms with Gasteiger partial charge in [0.25, 0.3) is 11.6 Å². The highest BCUT2D eigenvalue weighted by molar-refractivity contribution is 5.98. The maximum Gasteiger partial charge on any atom is 0.390 e. The third kappa shape index (κ3) is 4.37. The molecular formula is C10H11F3N4O3. The lowest BCUT2D eigenvalue weighted by Crippen LogP contribution is -2.28. The van der Waals surface area contributed by atoms with E-state index in [1.807, 2.05) is 5.32 Å². The van der Waals surface area contributed by atoms with Crippen molar-refractivity contribution in [2.24, 2.45) is 0 Å². The molecule has 0 saturated carbocycles. The largest absolute Gasteiger partial charge is 0.390 e. The number of anilines is 1. The summed E-state index contributed by atoms with van der Waals surface area (Å²) in [5.74, 6) is -0.767. The van der Waals surface area contributed by atoms with E-state index in [9.17, 15) is 28.1 Å². The van der Waals surface area contributed by atoms with Crippen LogP contribution in [0.2, 0.25) is 0 Å². The van der Waals surface area contributed by atoms with Gasteiger partial charge in [-0.3, -0.25) is 14.9 Å². The minimum Gasteiger partial charge on any atom is -0.373 e. The Morgan fingerprint density at radius 1 is 1.50 bits per heavy atom. The summed E-state index contributed by atoms with van der Waals surface area (Å²) in [6, 6.07) is 1.10. The van der Waals surface area contributed by atoms with Gasteiger partial charge >= 0.3 is 6.18 Å². The summed E-state index contributed by atoms with van der Waals surface area (Å²) in [6.45, 7) is -0.656. The van der Waals surface area contributed by atoms with E-state index in [1.54, 1.807) is 0 Å². The Bertz CT molecular complexity index is 519. The Labute approximate surface area is 111 Å². The van der Waals surface area contributed by atoms with E-state index in [0.29, 0.717) is 0 Å². The molecule has 0 atom stereocenters. The van der Waals surface area contributed by atoms with E-state index < -0.39 is 35.7 Å². The van der Waals surface area contributed by atoms with Gasteiger partial charge in [-0.25, -0.2) is 4.98 Å². The van der Waals surface area contributed by atoms with Crippen LogP contribution in [0.15, 0.2) is 12.3 Å². The van der Waals surface area contributed by atoms with Crippen LogP contribution in [0.1, 0.15) is 16.8 Å². The lowest BCUT2D eigenvalue weighted by molar-refractivity contribution is -0.385. The van der Waals surface area contributed by atoms with Crippen molar-refractivity contribution in [3.05, 3.63) is 27.9 Å². The van der Waals surface area contributed by atoms with Crippen LogP contribution < -0.4 is 10.6 Å². The van der Waals surface area contributed by atoms with Crippen LogP contribution in [0.3, 0.4) is 0 Å². The third-order valence-electron chi connectivity index (χ3n) is 2.27. The van der Waals surface area contributed by atoms with Crippen molar-refractivity contribution in [1.82, 2.24) is 10.3 Å². The third-order valence-corrected chi connectivity index (χ3v) is 2.27. The molecule has 0 spiro atoms. The molecule has 1 aromatic rings. The number of halogens is 3. The number of alkyl halides is 3. The predicted octanol–water partition coefficient (Wildman–Crippen LogP) is 1.71. The van der Waals surface area contributed by atoms with Crippen molar-refractivity contribution in [1.29, 1.82) is 0 Å². The van der Waals surface area contributed by atoms with Gasteiger partial charge in [0.15, 0.2) is 0 Å². The summed E-state index contributed by atoms with van der Waals surface area (Å²) >= 11 is 0. The molecule has 1 heterocycles. The predicted molar refractivity (Wildman–Crippen MR) is 63.4 cm³/mol. The van der Waals surface area contributed by atoms with E-state index in [2.05, 4.69) is 10.3 Å². The van der Waals surface area contributed by atoms with Crippen molar-refractivity contribution >= 4 is 17.4 Å². The first-order chi connectivity index (χ1) is 9.24. The van der Waals surface area contributed by atoms with Crippen LogP contribution >= 0.6 is 0 Å². The van der Waals surface area contributed by atoms with Crippen molar-refractivity contribution in [3.8, 4) is 0 Å². The second-order valence-corrected chi connectivity index (χ2v) is 3.71. The number of carbonyl (C=O) groups is 1. The number of carbonyl (C=O) groups excluding carboxylic acids is 1. The number of pyridine rings is 1. The van der Waals surface area contributed by atoms with Gasteiger partial charge in [-0.15, -0.1) is 0 Å². The maximum atomic E-state index is 12.0. The summed E-state index contributed by atoms with van der Waals surface area (Å²) in [6.07, 6.45) is -4.76. The van der Waals surface area contributed by atoms with Crippen LogP contribution in [0.4, 0.5) is 24.7 Å². The molecule has 20 heavy (non-hydrogen) atoms. The molecule has 0 aliphatic rings. The normalized spacial score (nSPS) is 11.0. The van der Waals surface area contributed by atoms with Crippen LogP contribution in [0.5, 0.6) is 0 Å². The number of hydrogen-bond acceptors (Lipinski definition) is 5. The molecule has 1 rings (SSSR count). The van der Waals surface area contributed by atoms with E-state index in [4.69, 9.17) is 0 Å². The second-order valence-electron chi connectivity index (χ2n) is 3.71. The Hall–Kier alpha value is -2.39. The Kier molecular flexibility index (Phi) is 4.83. The van der Waals surface area contributed by atoms with Gasteiger partial charge in [-0.1, -0.05) is 0 Å². The standard InChI is InChI=1S/C10H11F3N4O3/c1-14-8-4-6(7(5-16-8)17(19)20)9(18)15-3-2-10(11,12)13/h4-5H,2-3H2,1H3,(H,14,16)(H,15,18). The zero-order valence-corrected chi connectivity index (χ0v) is 10.3. The minimum atomic E-state index is -4.41. The van der Waals surface area contributed by atoms with Gasteiger partial charge in [0.05, 0.1) is 11.3 Å². The summed E-state index contributed by atoms with van der Waals surface area (Å²) < 4.78 is 35.9. The topological polar surface area (TPSA) is 97.2 Å². The Balaban J connectivity index is 2.87. The molecule has 1 aromatic heterocycles. The first-order valence-corrected chi connectivity index (χ1v) is 5.41. The molecule has 0 fully saturated rings. The molecular weight excluding hydrogens is 281 g/mol. The van der Waals surface area contributed by atoms with E-state index in [-0.39, 0.29) is 11.4 Å². The zero-order valence-electron chi connectivity index (χ0n) is 10.3. The van der Waals surface area contributed by atoms with E-state index in [1.165, 1.54) is 7.05 Å². The van der Waals surface area contributed by atoms with E-state index in [0.717, 1.165) is 12.3 Å². The Morgan fingerprint density at radius 3 is 2.65 bits per heavy atom. The van der Waals surface area contributed by atoms with Gasteiger partial charge < -0.3 is 10.6 Å². The number of hydrogen-bond donors (Lipinski definition) is 2. The second kappa shape index (κ2) is 6.17. The number of nitrogens with one attached hydrogen (secondary N) is 2. The summed E-state index contributed by atoms with van der Waals surface area (Å²) in [5.41, 5.74) is -0.926. The highest BCUT2D eigenvalue weighted by Gasteiger charge is 2.27. The molecule has 0 saturated heterocycles. The van der Waals surface area contributed by atoms with Crippen LogP contribution in [0, 0.1) is 10.1 Å². The average Bonchev–Trinajstić information content (AvgIpc) is 2.36. The van der Waals surface area contributed by atoms with Crippen molar-refractivity contribution in [2.45, 2.75) is 12.6 Å². The highest BCUT2D eigenvalue weighted by atomic mass is 19.4. The highest BCUT2D eigenvalue weighted by Crippen LogP contribution is 2.21. The van der Waals surface area contributed by atoms with Crippen molar-refractivity contribution in [2.75, 3.05) is 18.9 Å². The van der Waals surface area contributed by atoms with Crippen molar-refractivity contribution < 1.29 is 22.9 Å². The average molecular weight is 292 g/mol. The van der Waals surface area contributed by atoms with Gasteiger partial charge in [-0.05, 0) is 0 Å². The molecule has 0 radical (unpaired) electrons. The van der Waals surface area contributed by atoms with Gasteiger partial charge in [0.1, 0.15) is 17.6 Å². The fourth-order valence-corrected chi connectivity index (χ4v) is 1.33. The van der Waals surface area contributed by atoms with Gasteiger partial charge in [0, 0.05) is 19.7 Å². The molecule has 2 N–H and O–H groups in total. The fraction of sp³-hybridized carbons (Fsp3) is 0.400. The number of aromatic nitrogens is 1. The number of nitrogens with zero attached hydrogens (tertiary/aromatic N) is 2. The molecule has 0 aliphatic carbocycles. The number of amides is 1. The molecule has 0 aromatic carbocycles. The van der Waals surface area contributed by atoms with Gasteiger partial charge in [0.2, 0.25) is 0 Å². The lowest BCUT2D eigenvalue weighted by Gasteiger charge is -2.09. The van der Waals surface area contributed by atoms with Crippen molar-refractivity contribution in [3.63, 3.8) is 0 Å². The zero-order chi connectivity index (χ0) is 15.3. The van der Waals surface area contributed by atoms with Gasteiger partial charge in [-0.2, -0.15) is 13.2 Å². The number of nitro groups is 1. The molecule has 110 valence electrons. The minimum absolute atomic E-state index is 0.191. The SMILES string of the molecule is CNc1cc(C(=O)NCCC(F)(F)F)c([N+](=O)[O-])cn1. The molecule has 1 amide bonds. The molecule has 0 bridgehead atoms.